The van der Waals surface area contributed by atoms with Crippen molar-refractivity contribution in [3.8, 4) is 0 Å². The molecule has 0 radical (unpaired) electrons. The molecule has 6 amide bonds. The summed E-state index contributed by atoms with van der Waals surface area (Å²) in [4.78, 5) is 97.2. The van der Waals surface area contributed by atoms with Gasteiger partial charge < -0.3 is 35.8 Å². The molecule has 1 aromatic rings. The third-order valence-electron chi connectivity index (χ3n) is 11.3. The molecule has 0 bridgehead atoms. The SMILES string of the molecule is CCC1(C)C[C@H]2CN(C(=O)[C@@H](NC(=O)OC(C)(C)C)C(C)(C)CC)[C@H](C(=O)NC(CCC(F)F)C(=O)C(=O)NCC(=O)N[C@H](C(=O)N(C)C)c3ccccc3)[C@H]2C1. The summed E-state index contributed by atoms with van der Waals surface area (Å²) in [6, 6.07) is 3.36. The Balaban J connectivity index is 1.87. The minimum Gasteiger partial charge on any atom is -0.444 e. The maximum atomic E-state index is 14.6. The number of halogens is 2. The Morgan fingerprint density at radius 1 is 0.930 bits per heavy atom. The summed E-state index contributed by atoms with van der Waals surface area (Å²) in [7, 11) is 3.03. The fourth-order valence-corrected chi connectivity index (χ4v) is 7.64. The van der Waals surface area contributed by atoms with Gasteiger partial charge in [0.25, 0.3) is 5.91 Å². The Morgan fingerprint density at radius 2 is 1.56 bits per heavy atom. The maximum absolute atomic E-state index is 14.6. The molecule has 57 heavy (non-hydrogen) atoms. The van der Waals surface area contributed by atoms with Crippen LogP contribution in [0.15, 0.2) is 30.3 Å². The third-order valence-corrected chi connectivity index (χ3v) is 11.3. The van der Waals surface area contributed by atoms with E-state index in [1.807, 2.05) is 27.7 Å². The second-order valence-corrected chi connectivity index (χ2v) is 17.6. The molecule has 318 valence electrons. The molecule has 2 unspecified atom stereocenters. The molecule has 14 nitrogen and oxygen atoms in total. The number of alkyl carbamates (subject to hydrolysis) is 1. The molecule has 1 aromatic carbocycles. The Kier molecular flexibility index (Phi) is 15.8. The summed E-state index contributed by atoms with van der Waals surface area (Å²) in [5.74, 6) is -5.56. The lowest BCUT2D eigenvalue weighted by atomic mass is 9.80. The summed E-state index contributed by atoms with van der Waals surface area (Å²) in [5.41, 5.74) is -1.29. The number of carbonyl (C=O) groups is 7. The number of nitrogens with zero attached hydrogens (tertiary/aromatic N) is 2. The number of hydrogen-bond donors (Lipinski definition) is 4. The number of rotatable bonds is 17. The number of likely N-dealkylation sites (N-methyl/N-ethyl adjacent to an activating group) is 1. The molecule has 1 heterocycles. The zero-order chi connectivity index (χ0) is 43.0. The number of amides is 6. The smallest absolute Gasteiger partial charge is 0.408 e. The van der Waals surface area contributed by atoms with Crippen molar-refractivity contribution in [1.29, 1.82) is 0 Å². The van der Waals surface area contributed by atoms with E-state index in [1.54, 1.807) is 51.1 Å². The first-order valence-electron chi connectivity index (χ1n) is 19.7. The van der Waals surface area contributed by atoms with Crippen LogP contribution in [0.2, 0.25) is 0 Å². The van der Waals surface area contributed by atoms with Crippen LogP contribution in [0.1, 0.15) is 106 Å². The predicted octanol–water partition coefficient (Wildman–Crippen LogP) is 4.13. The Labute approximate surface area is 334 Å². The van der Waals surface area contributed by atoms with Gasteiger partial charge in [-0.15, -0.1) is 0 Å². The quantitative estimate of drug-likeness (QED) is 0.170. The Hall–Kier alpha value is -4.63. The summed E-state index contributed by atoms with van der Waals surface area (Å²) < 4.78 is 32.6. The van der Waals surface area contributed by atoms with Crippen molar-refractivity contribution in [3.63, 3.8) is 0 Å². The van der Waals surface area contributed by atoms with Crippen LogP contribution in [-0.4, -0.2) is 109 Å². The van der Waals surface area contributed by atoms with Gasteiger partial charge in [-0.2, -0.15) is 0 Å². The van der Waals surface area contributed by atoms with E-state index < -0.39 is 102 Å². The Bertz CT molecular complexity index is 1630. The van der Waals surface area contributed by atoms with Crippen LogP contribution in [0.3, 0.4) is 0 Å². The van der Waals surface area contributed by atoms with Gasteiger partial charge in [0.05, 0.1) is 12.6 Å². The third kappa shape index (κ3) is 12.4. The highest BCUT2D eigenvalue weighted by Gasteiger charge is 2.56. The van der Waals surface area contributed by atoms with E-state index in [1.165, 1.54) is 23.9 Å². The Morgan fingerprint density at radius 3 is 2.11 bits per heavy atom. The predicted molar refractivity (Wildman–Crippen MR) is 209 cm³/mol. The van der Waals surface area contributed by atoms with Crippen molar-refractivity contribution in [2.75, 3.05) is 27.2 Å². The van der Waals surface area contributed by atoms with Crippen molar-refractivity contribution < 1.29 is 47.1 Å². The second-order valence-electron chi connectivity index (χ2n) is 17.6. The highest BCUT2D eigenvalue weighted by Crippen LogP contribution is 2.53. The van der Waals surface area contributed by atoms with Gasteiger partial charge in [0.2, 0.25) is 35.8 Å². The minimum atomic E-state index is -2.86. The average Bonchev–Trinajstić information content (AvgIpc) is 3.65. The van der Waals surface area contributed by atoms with Crippen molar-refractivity contribution in [2.24, 2.45) is 22.7 Å². The van der Waals surface area contributed by atoms with Crippen molar-refractivity contribution in [2.45, 2.75) is 130 Å². The lowest BCUT2D eigenvalue weighted by Gasteiger charge is -2.38. The molecule has 2 aliphatic rings. The molecule has 16 heteroatoms. The van der Waals surface area contributed by atoms with E-state index in [9.17, 15) is 42.3 Å². The van der Waals surface area contributed by atoms with Crippen molar-refractivity contribution in [1.82, 2.24) is 31.1 Å². The molecule has 1 saturated heterocycles. The van der Waals surface area contributed by atoms with Crippen LogP contribution in [0.5, 0.6) is 0 Å². The average molecular weight is 805 g/mol. The van der Waals surface area contributed by atoms with Gasteiger partial charge in [-0.3, -0.25) is 28.8 Å². The van der Waals surface area contributed by atoms with Gasteiger partial charge in [-0.05, 0) is 74.7 Å². The lowest BCUT2D eigenvalue weighted by molar-refractivity contribution is -0.145. The lowest BCUT2D eigenvalue weighted by Crippen LogP contribution is -2.60. The largest absolute Gasteiger partial charge is 0.444 e. The molecule has 7 atom stereocenters. The maximum Gasteiger partial charge on any atom is 0.408 e. The molecule has 1 aliphatic heterocycles. The summed E-state index contributed by atoms with van der Waals surface area (Å²) in [5, 5.41) is 10.00. The molecule has 3 rings (SSSR count). The number of alkyl halides is 2. The molecule has 0 aromatic heterocycles. The number of hydrogen-bond acceptors (Lipinski definition) is 8. The van der Waals surface area contributed by atoms with Gasteiger partial charge >= 0.3 is 6.09 Å². The first-order valence-corrected chi connectivity index (χ1v) is 19.7. The number of ether oxygens (including phenoxy) is 1. The molecule has 1 aliphatic carbocycles. The van der Waals surface area contributed by atoms with E-state index in [4.69, 9.17) is 4.74 Å². The minimum absolute atomic E-state index is 0.0994. The molecule has 1 saturated carbocycles. The zero-order valence-corrected chi connectivity index (χ0v) is 35.0. The van der Waals surface area contributed by atoms with E-state index in [0.717, 1.165) is 6.42 Å². The second kappa shape index (κ2) is 19.2. The van der Waals surface area contributed by atoms with Crippen LogP contribution in [0.25, 0.3) is 0 Å². The number of nitrogens with one attached hydrogen (secondary N) is 4. The molecular weight excluding hydrogens is 742 g/mol. The van der Waals surface area contributed by atoms with Gasteiger partial charge in [0, 0.05) is 27.1 Å². The number of benzene rings is 1. The first kappa shape index (κ1) is 46.8. The summed E-state index contributed by atoms with van der Waals surface area (Å²) in [6.07, 6.45) is -2.51. The van der Waals surface area contributed by atoms with E-state index in [0.29, 0.717) is 24.8 Å². The number of Topliss-reactive ketones (excluding diaryl/α,β-unsaturated/α-hetero) is 1. The first-order chi connectivity index (χ1) is 26.4. The molecule has 2 fully saturated rings. The molecular formula is C41H62F2N6O8. The fraction of sp³-hybridized carbons (Fsp3) is 0.683. The molecule has 4 N–H and O–H groups in total. The van der Waals surface area contributed by atoms with E-state index in [-0.39, 0.29) is 23.8 Å². The summed E-state index contributed by atoms with van der Waals surface area (Å²) >= 11 is 0. The van der Waals surface area contributed by atoms with E-state index in [2.05, 4.69) is 28.2 Å². The highest BCUT2D eigenvalue weighted by molar-refractivity contribution is 6.38. The van der Waals surface area contributed by atoms with Crippen molar-refractivity contribution >= 4 is 41.4 Å². The van der Waals surface area contributed by atoms with Crippen LogP contribution < -0.4 is 21.3 Å². The van der Waals surface area contributed by atoms with Gasteiger partial charge in [0.15, 0.2) is 0 Å². The summed E-state index contributed by atoms with van der Waals surface area (Å²) in [6.45, 7) is 14.2. The standard InChI is InChI=1S/C41H62F2N6O8/c1-11-40(6,7)33(47-38(56)57-39(3,4)5)37(55)49-23-25-20-41(8,12-2)21-26(25)31(49)34(52)45-27(18-19-28(42)43)32(51)35(53)44-22-29(50)46-30(36(54)48(9)10)24-16-14-13-15-17-24/h13-17,25-28,30-31,33H,11-12,18-23H2,1-10H3,(H,44,53)(H,45,52)(H,46,50)(H,47,56)/t25-,26-,27?,30-,31-,33+,41?/m0/s1. The van der Waals surface area contributed by atoms with E-state index >= 15 is 0 Å². The zero-order valence-electron chi connectivity index (χ0n) is 35.0. The number of ketones is 1. The van der Waals surface area contributed by atoms with Gasteiger partial charge in [0.1, 0.15) is 23.7 Å². The highest BCUT2D eigenvalue weighted by atomic mass is 19.3. The fourth-order valence-electron chi connectivity index (χ4n) is 7.64. The van der Waals surface area contributed by atoms with Crippen molar-refractivity contribution in [3.05, 3.63) is 35.9 Å². The normalized spacial score (nSPS) is 22.1. The number of likely N-dealkylation sites (tertiary alicyclic amines) is 1. The van der Waals surface area contributed by atoms with Crippen LogP contribution in [0, 0.1) is 22.7 Å². The van der Waals surface area contributed by atoms with Crippen LogP contribution in [0.4, 0.5) is 13.6 Å². The van der Waals surface area contributed by atoms with Gasteiger partial charge in [-0.25, -0.2) is 13.6 Å². The number of fused-ring (bicyclic) bond motifs is 1. The van der Waals surface area contributed by atoms with Gasteiger partial charge in [-0.1, -0.05) is 71.4 Å². The molecule has 0 spiro atoms. The number of carbonyl (C=O) groups excluding carboxylic acids is 7. The van der Waals surface area contributed by atoms with Crippen LogP contribution in [-0.2, 0) is 33.5 Å². The van der Waals surface area contributed by atoms with Crippen LogP contribution >= 0.6 is 0 Å². The topological polar surface area (TPSA) is 183 Å². The monoisotopic (exact) mass is 804 g/mol.